The normalized spacial score (nSPS) is 10.9. The van der Waals surface area contributed by atoms with Crippen molar-refractivity contribution in [2.45, 2.75) is 13.5 Å². The zero-order valence-corrected chi connectivity index (χ0v) is 11.4. The zero-order valence-electron chi connectivity index (χ0n) is 10.7. The van der Waals surface area contributed by atoms with Crippen LogP contribution in [0.1, 0.15) is 21.8 Å². The summed E-state index contributed by atoms with van der Waals surface area (Å²) in [5, 5.41) is 0.615. The highest BCUT2D eigenvalue weighted by molar-refractivity contribution is 6.30. The molecule has 0 saturated carbocycles. The number of halogens is 1. The van der Waals surface area contributed by atoms with Crippen LogP contribution in [0.5, 0.6) is 0 Å². The van der Waals surface area contributed by atoms with Crippen molar-refractivity contribution in [3.8, 4) is 0 Å². The molecule has 3 aromatic heterocycles. The van der Waals surface area contributed by atoms with Crippen LogP contribution in [0, 0.1) is 6.92 Å². The van der Waals surface area contributed by atoms with Gasteiger partial charge in [0.15, 0.2) is 0 Å². The van der Waals surface area contributed by atoms with Crippen LogP contribution < -0.4 is 0 Å². The van der Waals surface area contributed by atoms with E-state index in [9.17, 15) is 4.79 Å². The lowest BCUT2D eigenvalue weighted by atomic mass is 10.3. The first-order chi connectivity index (χ1) is 9.63. The van der Waals surface area contributed by atoms with E-state index in [0.29, 0.717) is 10.7 Å². The van der Waals surface area contributed by atoms with Crippen LogP contribution in [0.25, 0.3) is 5.65 Å². The van der Waals surface area contributed by atoms with Gasteiger partial charge in [-0.1, -0.05) is 11.6 Å². The third kappa shape index (κ3) is 2.40. The summed E-state index contributed by atoms with van der Waals surface area (Å²) in [7, 11) is 0. The first-order valence-electron chi connectivity index (χ1n) is 5.98. The minimum absolute atomic E-state index is 0.0816. The Balaban J connectivity index is 1.74. The molecule has 0 amide bonds. The zero-order chi connectivity index (χ0) is 14.1. The summed E-state index contributed by atoms with van der Waals surface area (Å²) in [5.74, 6) is -0.278. The number of pyridine rings is 1. The van der Waals surface area contributed by atoms with Crippen molar-refractivity contribution in [2.24, 2.45) is 0 Å². The lowest BCUT2D eigenvalue weighted by Gasteiger charge is -2.00. The number of esters is 1. The fourth-order valence-corrected chi connectivity index (χ4v) is 2.04. The largest absolute Gasteiger partial charge is 0.457 e. The summed E-state index contributed by atoms with van der Waals surface area (Å²) < 4.78 is 12.0. The van der Waals surface area contributed by atoms with Gasteiger partial charge in [0.05, 0.1) is 17.0 Å². The molecule has 0 atom stereocenters. The summed E-state index contributed by atoms with van der Waals surface area (Å²) in [6.07, 6.45) is 4.97. The molecular formula is C14H11ClN2O3. The maximum Gasteiger partial charge on any atom is 0.374 e. The van der Waals surface area contributed by atoms with Gasteiger partial charge in [-0.2, -0.15) is 0 Å². The molecule has 0 bridgehead atoms. The van der Waals surface area contributed by atoms with Gasteiger partial charge in [0.1, 0.15) is 12.3 Å². The highest BCUT2D eigenvalue weighted by Gasteiger charge is 2.14. The van der Waals surface area contributed by atoms with E-state index in [1.165, 1.54) is 6.26 Å². The molecule has 0 unspecified atom stereocenters. The summed E-state index contributed by atoms with van der Waals surface area (Å²) in [6, 6.07) is 5.26. The van der Waals surface area contributed by atoms with Crippen LogP contribution in [0.4, 0.5) is 0 Å². The molecule has 0 aliphatic rings. The molecule has 3 rings (SSSR count). The van der Waals surface area contributed by atoms with Gasteiger partial charge in [-0.05, 0) is 25.1 Å². The van der Waals surface area contributed by atoms with Gasteiger partial charge in [0.25, 0.3) is 0 Å². The van der Waals surface area contributed by atoms with Gasteiger partial charge in [0.2, 0.25) is 5.76 Å². The van der Waals surface area contributed by atoms with Crippen LogP contribution in [-0.4, -0.2) is 15.4 Å². The number of ether oxygens (including phenoxy) is 1. The van der Waals surface area contributed by atoms with Crippen LogP contribution in [0.15, 0.2) is 41.3 Å². The maximum absolute atomic E-state index is 11.8. The van der Waals surface area contributed by atoms with Crippen molar-refractivity contribution < 1.29 is 13.9 Å². The number of hydrogen-bond donors (Lipinski definition) is 0. The van der Waals surface area contributed by atoms with Gasteiger partial charge in [-0.15, -0.1) is 0 Å². The van der Waals surface area contributed by atoms with E-state index in [2.05, 4.69) is 4.98 Å². The molecule has 0 spiro atoms. The molecular weight excluding hydrogens is 280 g/mol. The predicted octanol–water partition coefficient (Wildman–Crippen LogP) is 3.25. The summed E-state index contributed by atoms with van der Waals surface area (Å²) >= 11 is 5.89. The number of hydrogen-bond acceptors (Lipinski definition) is 4. The van der Waals surface area contributed by atoms with Gasteiger partial charge in [-0.3, -0.25) is 0 Å². The number of aromatic nitrogens is 2. The van der Waals surface area contributed by atoms with E-state index in [0.717, 1.165) is 11.2 Å². The molecule has 0 radical (unpaired) electrons. The van der Waals surface area contributed by atoms with Gasteiger partial charge >= 0.3 is 5.97 Å². The summed E-state index contributed by atoms with van der Waals surface area (Å²) in [6.45, 7) is 1.87. The highest BCUT2D eigenvalue weighted by Crippen LogP contribution is 2.14. The van der Waals surface area contributed by atoms with Crippen LogP contribution >= 0.6 is 11.6 Å². The fraction of sp³-hybridized carbons (Fsp3) is 0.143. The number of imidazole rings is 1. The number of aryl methyl sites for hydroxylation is 1. The SMILES string of the molecule is Cc1ccoc1C(=O)OCc1cn2cc(Cl)ccc2n1. The molecule has 20 heavy (non-hydrogen) atoms. The molecule has 6 heteroatoms. The number of nitrogens with zero attached hydrogens (tertiary/aromatic N) is 2. The molecule has 0 N–H and O–H groups in total. The number of fused-ring (bicyclic) bond motifs is 1. The smallest absolute Gasteiger partial charge is 0.374 e. The lowest BCUT2D eigenvalue weighted by Crippen LogP contribution is -2.05. The van der Waals surface area contributed by atoms with E-state index >= 15 is 0 Å². The Morgan fingerprint density at radius 1 is 1.40 bits per heavy atom. The minimum Gasteiger partial charge on any atom is -0.457 e. The Morgan fingerprint density at radius 2 is 2.25 bits per heavy atom. The fourth-order valence-electron chi connectivity index (χ4n) is 1.87. The maximum atomic E-state index is 11.8. The second-order valence-electron chi connectivity index (χ2n) is 4.35. The first kappa shape index (κ1) is 12.7. The van der Waals surface area contributed by atoms with E-state index < -0.39 is 5.97 Å². The second-order valence-corrected chi connectivity index (χ2v) is 4.79. The number of carbonyl (C=O) groups is 1. The highest BCUT2D eigenvalue weighted by atomic mass is 35.5. The van der Waals surface area contributed by atoms with Crippen molar-refractivity contribution in [2.75, 3.05) is 0 Å². The Hall–Kier alpha value is -2.27. The molecule has 0 saturated heterocycles. The van der Waals surface area contributed by atoms with E-state index in [-0.39, 0.29) is 12.4 Å². The van der Waals surface area contributed by atoms with Crippen LogP contribution in [-0.2, 0) is 11.3 Å². The molecule has 0 fully saturated rings. The average Bonchev–Trinajstić information content (AvgIpc) is 3.01. The molecule has 0 aliphatic carbocycles. The molecule has 5 nitrogen and oxygen atoms in total. The number of carbonyl (C=O) groups excluding carboxylic acids is 1. The molecule has 102 valence electrons. The Bertz CT molecular complexity index is 776. The molecule has 0 aliphatic heterocycles. The van der Waals surface area contributed by atoms with Gasteiger partial charge < -0.3 is 13.6 Å². The van der Waals surface area contributed by atoms with Crippen molar-refractivity contribution in [1.29, 1.82) is 0 Å². The number of furan rings is 1. The molecule has 0 aromatic carbocycles. The van der Waals surface area contributed by atoms with E-state index in [1.54, 1.807) is 41.9 Å². The van der Waals surface area contributed by atoms with E-state index in [1.807, 2.05) is 0 Å². The molecule has 3 heterocycles. The van der Waals surface area contributed by atoms with E-state index in [4.69, 9.17) is 20.8 Å². The van der Waals surface area contributed by atoms with Crippen molar-refractivity contribution >= 4 is 23.2 Å². The second kappa shape index (κ2) is 5.02. The topological polar surface area (TPSA) is 56.7 Å². The summed E-state index contributed by atoms with van der Waals surface area (Å²) in [4.78, 5) is 16.1. The quantitative estimate of drug-likeness (QED) is 0.695. The van der Waals surface area contributed by atoms with Crippen molar-refractivity contribution in [1.82, 2.24) is 9.38 Å². The third-order valence-electron chi connectivity index (χ3n) is 2.86. The standard InChI is InChI=1S/C14H11ClN2O3/c1-9-4-5-19-13(9)14(18)20-8-11-7-17-6-10(15)2-3-12(17)16-11/h2-7H,8H2,1H3. The average molecular weight is 291 g/mol. The third-order valence-corrected chi connectivity index (χ3v) is 3.09. The minimum atomic E-state index is -0.498. The summed E-state index contributed by atoms with van der Waals surface area (Å²) in [5.41, 5.74) is 2.14. The predicted molar refractivity (Wildman–Crippen MR) is 72.8 cm³/mol. The van der Waals surface area contributed by atoms with Crippen LogP contribution in [0.2, 0.25) is 5.02 Å². The first-order valence-corrected chi connectivity index (χ1v) is 6.35. The Kier molecular flexibility index (Phi) is 3.20. The molecule has 3 aromatic rings. The van der Waals surface area contributed by atoms with Gasteiger partial charge in [-0.25, -0.2) is 9.78 Å². The Morgan fingerprint density at radius 3 is 3.00 bits per heavy atom. The van der Waals surface area contributed by atoms with Crippen LogP contribution in [0.3, 0.4) is 0 Å². The lowest BCUT2D eigenvalue weighted by molar-refractivity contribution is 0.0430. The Labute approximate surface area is 119 Å². The number of rotatable bonds is 3. The van der Waals surface area contributed by atoms with Crippen molar-refractivity contribution in [3.05, 3.63) is 58.9 Å². The van der Waals surface area contributed by atoms with Crippen molar-refractivity contribution in [3.63, 3.8) is 0 Å². The monoisotopic (exact) mass is 290 g/mol. The van der Waals surface area contributed by atoms with Gasteiger partial charge in [0, 0.05) is 18.0 Å².